The Morgan fingerprint density at radius 2 is 2.30 bits per heavy atom. The Hall–Kier alpha value is -2.63. The van der Waals surface area contributed by atoms with Gasteiger partial charge in [0.1, 0.15) is 0 Å². The first kappa shape index (κ1) is 14.0. The van der Waals surface area contributed by atoms with Gasteiger partial charge in [0, 0.05) is 24.1 Å². The predicted octanol–water partition coefficient (Wildman–Crippen LogP) is 3.15. The lowest BCUT2D eigenvalue weighted by Crippen LogP contribution is -2.31. The molecule has 0 bridgehead atoms. The minimum absolute atomic E-state index is 0.0175. The Kier molecular flexibility index (Phi) is 3.18. The second-order valence-electron chi connectivity index (χ2n) is 6.04. The second-order valence-corrected chi connectivity index (χ2v) is 6.04. The van der Waals surface area contributed by atoms with Crippen LogP contribution in [0, 0.1) is 13.8 Å². The number of nitrogens with one attached hydrogen (secondary N) is 1. The number of carbonyl (C=O) groups is 1. The van der Waals surface area contributed by atoms with Gasteiger partial charge in [0.05, 0.1) is 22.7 Å². The summed E-state index contributed by atoms with van der Waals surface area (Å²) >= 11 is 0. The fourth-order valence-corrected chi connectivity index (χ4v) is 3.43. The normalized spacial score (nSPS) is 18.0. The lowest BCUT2D eigenvalue weighted by atomic mass is 10.1. The van der Waals surface area contributed by atoms with Crippen molar-refractivity contribution < 1.29 is 9.32 Å². The summed E-state index contributed by atoms with van der Waals surface area (Å²) in [6.45, 7) is 4.46. The van der Waals surface area contributed by atoms with E-state index in [4.69, 9.17) is 4.52 Å². The summed E-state index contributed by atoms with van der Waals surface area (Å²) in [5.41, 5.74) is 3.60. The van der Waals surface area contributed by atoms with E-state index >= 15 is 0 Å². The lowest BCUT2D eigenvalue weighted by molar-refractivity contribution is 0.0735. The van der Waals surface area contributed by atoms with Gasteiger partial charge in [-0.25, -0.2) is 4.98 Å². The molecule has 3 aromatic rings. The van der Waals surface area contributed by atoms with Crippen LogP contribution in [0.2, 0.25) is 0 Å². The highest BCUT2D eigenvalue weighted by Gasteiger charge is 2.32. The number of carbonyl (C=O) groups excluding carboxylic acids is 1. The first-order valence-corrected chi connectivity index (χ1v) is 7.83. The summed E-state index contributed by atoms with van der Waals surface area (Å²) in [6, 6.07) is 5.93. The minimum atomic E-state index is 0.0175. The number of aryl methyl sites for hydroxylation is 2. The molecule has 4 rings (SSSR count). The molecule has 23 heavy (non-hydrogen) atoms. The summed E-state index contributed by atoms with van der Waals surface area (Å²) < 4.78 is 5.24. The van der Waals surface area contributed by atoms with Gasteiger partial charge < -0.3 is 14.4 Å². The molecule has 0 aromatic carbocycles. The van der Waals surface area contributed by atoms with Crippen LogP contribution in [0.3, 0.4) is 0 Å². The maximum absolute atomic E-state index is 13.2. The SMILES string of the molecule is Cc1cc(C(=O)N2CCC[C@@H]2c2ccc[nH]2)c2c(C)noc2n1. The van der Waals surface area contributed by atoms with Crippen molar-refractivity contribution in [1.29, 1.82) is 0 Å². The van der Waals surface area contributed by atoms with Crippen LogP contribution in [0.25, 0.3) is 11.1 Å². The summed E-state index contributed by atoms with van der Waals surface area (Å²) in [7, 11) is 0. The highest BCUT2D eigenvalue weighted by Crippen LogP contribution is 2.33. The molecule has 6 nitrogen and oxygen atoms in total. The highest BCUT2D eigenvalue weighted by atomic mass is 16.5. The molecule has 1 aliphatic rings. The van der Waals surface area contributed by atoms with Crippen LogP contribution in [0.4, 0.5) is 0 Å². The number of nitrogens with zero attached hydrogens (tertiary/aromatic N) is 3. The minimum Gasteiger partial charge on any atom is -0.363 e. The van der Waals surface area contributed by atoms with E-state index in [9.17, 15) is 4.79 Å². The van der Waals surface area contributed by atoms with Crippen molar-refractivity contribution in [2.24, 2.45) is 0 Å². The first-order valence-electron chi connectivity index (χ1n) is 7.83. The third-order valence-electron chi connectivity index (χ3n) is 4.47. The van der Waals surface area contributed by atoms with Crippen LogP contribution in [0.1, 0.15) is 46.3 Å². The summed E-state index contributed by atoms with van der Waals surface area (Å²) in [6.07, 6.45) is 3.88. The molecule has 1 aliphatic heterocycles. The molecule has 0 radical (unpaired) electrons. The topological polar surface area (TPSA) is 75.0 Å². The molecule has 1 fully saturated rings. The third-order valence-corrected chi connectivity index (χ3v) is 4.47. The maximum Gasteiger partial charge on any atom is 0.258 e. The van der Waals surface area contributed by atoms with E-state index in [1.54, 1.807) is 0 Å². The number of H-pyrrole nitrogens is 1. The standard InChI is InChI=1S/C17H18N4O2/c1-10-9-12(15-11(2)20-23-16(15)19-10)17(22)21-8-4-6-14(21)13-5-3-7-18-13/h3,5,7,9,14,18H,4,6,8H2,1-2H3/t14-/m1/s1. The van der Waals surface area contributed by atoms with E-state index in [0.29, 0.717) is 17.0 Å². The molecule has 1 atom stereocenters. The van der Waals surface area contributed by atoms with Crippen LogP contribution in [0.15, 0.2) is 28.9 Å². The van der Waals surface area contributed by atoms with Gasteiger partial charge in [-0.05, 0) is 44.9 Å². The highest BCUT2D eigenvalue weighted by molar-refractivity contribution is 6.06. The van der Waals surface area contributed by atoms with Crippen molar-refractivity contribution >= 4 is 17.0 Å². The van der Waals surface area contributed by atoms with Gasteiger partial charge in [-0.3, -0.25) is 4.79 Å². The van der Waals surface area contributed by atoms with Crippen LogP contribution in [-0.2, 0) is 0 Å². The van der Waals surface area contributed by atoms with Crippen LogP contribution < -0.4 is 0 Å². The van der Waals surface area contributed by atoms with Crippen molar-refractivity contribution in [2.45, 2.75) is 32.7 Å². The number of amides is 1. The summed E-state index contributed by atoms with van der Waals surface area (Å²) in [4.78, 5) is 22.7. The molecular formula is C17H18N4O2. The van der Waals surface area contributed by atoms with Crippen molar-refractivity contribution in [3.8, 4) is 0 Å². The van der Waals surface area contributed by atoms with E-state index in [2.05, 4.69) is 15.1 Å². The average Bonchev–Trinajstić information content (AvgIpc) is 3.25. The van der Waals surface area contributed by atoms with E-state index in [-0.39, 0.29) is 11.9 Å². The van der Waals surface area contributed by atoms with Gasteiger partial charge in [0.2, 0.25) is 0 Å². The van der Waals surface area contributed by atoms with Gasteiger partial charge in [-0.15, -0.1) is 0 Å². The third kappa shape index (κ3) is 2.21. The van der Waals surface area contributed by atoms with Crippen molar-refractivity contribution in [3.63, 3.8) is 0 Å². The number of pyridine rings is 1. The lowest BCUT2D eigenvalue weighted by Gasteiger charge is -2.24. The van der Waals surface area contributed by atoms with Gasteiger partial charge in [-0.2, -0.15) is 0 Å². The Labute approximate surface area is 133 Å². The monoisotopic (exact) mass is 310 g/mol. The zero-order valence-electron chi connectivity index (χ0n) is 13.2. The molecule has 1 saturated heterocycles. The number of aromatic nitrogens is 3. The molecule has 6 heteroatoms. The van der Waals surface area contributed by atoms with Gasteiger partial charge in [0.25, 0.3) is 11.6 Å². The van der Waals surface area contributed by atoms with Crippen molar-refractivity contribution in [1.82, 2.24) is 20.0 Å². The molecule has 3 aromatic heterocycles. The van der Waals surface area contributed by atoms with E-state index in [1.807, 2.05) is 43.1 Å². The van der Waals surface area contributed by atoms with Crippen molar-refractivity contribution in [2.75, 3.05) is 6.54 Å². The Bertz CT molecular complexity index is 866. The Balaban J connectivity index is 1.78. The quantitative estimate of drug-likeness (QED) is 0.789. The molecule has 0 aliphatic carbocycles. The Morgan fingerprint density at radius 3 is 3.09 bits per heavy atom. The largest absolute Gasteiger partial charge is 0.363 e. The molecule has 118 valence electrons. The number of rotatable bonds is 2. The second kappa shape index (κ2) is 5.22. The molecule has 1 N–H and O–H groups in total. The molecule has 0 spiro atoms. The van der Waals surface area contributed by atoms with Crippen molar-refractivity contribution in [3.05, 3.63) is 47.0 Å². The van der Waals surface area contributed by atoms with Crippen LogP contribution in [-0.4, -0.2) is 32.5 Å². The van der Waals surface area contributed by atoms with E-state index in [1.165, 1.54) is 0 Å². The van der Waals surface area contributed by atoms with Gasteiger partial charge in [0.15, 0.2) is 0 Å². The summed E-state index contributed by atoms with van der Waals surface area (Å²) in [5.74, 6) is 0.0175. The number of aromatic amines is 1. The van der Waals surface area contributed by atoms with Gasteiger partial charge in [-0.1, -0.05) is 5.16 Å². The van der Waals surface area contributed by atoms with Crippen LogP contribution in [0.5, 0.6) is 0 Å². The van der Waals surface area contributed by atoms with E-state index in [0.717, 1.165) is 36.2 Å². The molecule has 0 unspecified atom stereocenters. The Morgan fingerprint density at radius 1 is 1.43 bits per heavy atom. The first-order chi connectivity index (χ1) is 11.1. The molecule has 4 heterocycles. The number of hydrogen-bond acceptors (Lipinski definition) is 4. The molecule has 0 saturated carbocycles. The number of fused-ring (bicyclic) bond motifs is 1. The van der Waals surface area contributed by atoms with Gasteiger partial charge >= 0.3 is 0 Å². The predicted molar refractivity (Wildman–Crippen MR) is 85.1 cm³/mol. The average molecular weight is 310 g/mol. The maximum atomic E-state index is 13.2. The molecule has 1 amide bonds. The van der Waals surface area contributed by atoms with E-state index < -0.39 is 0 Å². The summed E-state index contributed by atoms with van der Waals surface area (Å²) in [5, 5.41) is 4.68. The smallest absolute Gasteiger partial charge is 0.258 e. The fraction of sp³-hybridized carbons (Fsp3) is 0.353. The zero-order chi connectivity index (χ0) is 16.0. The number of likely N-dealkylation sites (tertiary alicyclic amines) is 1. The fourth-order valence-electron chi connectivity index (χ4n) is 3.43. The van der Waals surface area contributed by atoms with Crippen LogP contribution >= 0.6 is 0 Å². The number of hydrogen-bond donors (Lipinski definition) is 1. The molecular weight excluding hydrogens is 292 g/mol. The zero-order valence-corrected chi connectivity index (χ0v) is 13.2.